The molecular weight excluding hydrogens is 206 g/mol. The molecule has 0 spiro atoms. The van der Waals surface area contributed by atoms with E-state index in [0.29, 0.717) is 12.3 Å². The van der Waals surface area contributed by atoms with E-state index in [4.69, 9.17) is 5.26 Å². The monoisotopic (exact) mass is 227 g/mol. The topological polar surface area (TPSA) is 23.8 Å². The lowest BCUT2D eigenvalue weighted by molar-refractivity contribution is 0.555. The Morgan fingerprint density at radius 3 is 2.35 bits per heavy atom. The highest BCUT2D eigenvalue weighted by molar-refractivity contribution is 5.52. The Balaban J connectivity index is 2.65. The van der Waals surface area contributed by atoms with Gasteiger partial charge < -0.3 is 0 Å². The molecule has 1 aromatic rings. The van der Waals surface area contributed by atoms with Crippen LogP contribution in [0.25, 0.3) is 0 Å². The molecule has 0 N–H and O–H groups in total. The summed E-state index contributed by atoms with van der Waals surface area (Å²) >= 11 is 0. The summed E-state index contributed by atoms with van der Waals surface area (Å²) in [6, 6.07) is 2.36. The van der Waals surface area contributed by atoms with E-state index in [-0.39, 0.29) is 0 Å². The number of nitrogens with zero attached hydrogens (tertiary/aromatic N) is 1. The Morgan fingerprint density at radius 2 is 1.71 bits per heavy atom. The first kappa shape index (κ1) is 12.2. The first-order valence-electron chi connectivity index (χ1n) is 6.54. The largest absolute Gasteiger partial charge is 0.198 e. The molecule has 0 radical (unpaired) electrons. The maximum Gasteiger partial charge on any atom is 0.0628 e. The van der Waals surface area contributed by atoms with Crippen LogP contribution in [0.4, 0.5) is 0 Å². The van der Waals surface area contributed by atoms with E-state index >= 15 is 0 Å². The van der Waals surface area contributed by atoms with Gasteiger partial charge in [-0.15, -0.1) is 0 Å². The average Bonchev–Trinajstić information content (AvgIpc) is 2.34. The third kappa shape index (κ3) is 1.86. The molecule has 0 saturated heterocycles. The second-order valence-corrected chi connectivity index (χ2v) is 5.34. The molecule has 2 rings (SSSR count). The molecule has 90 valence electrons. The van der Waals surface area contributed by atoms with E-state index in [1.165, 1.54) is 52.6 Å². The summed E-state index contributed by atoms with van der Waals surface area (Å²) in [5.74, 6) is 0.474. The van der Waals surface area contributed by atoms with Gasteiger partial charge >= 0.3 is 0 Å². The van der Waals surface area contributed by atoms with Crippen LogP contribution >= 0.6 is 0 Å². The Bertz CT molecular complexity index is 491. The van der Waals surface area contributed by atoms with Gasteiger partial charge in [0.1, 0.15) is 0 Å². The second kappa shape index (κ2) is 4.53. The minimum Gasteiger partial charge on any atom is -0.198 e. The third-order valence-electron chi connectivity index (χ3n) is 4.59. The van der Waals surface area contributed by atoms with Gasteiger partial charge in [-0.05, 0) is 86.3 Å². The van der Waals surface area contributed by atoms with Gasteiger partial charge in [0.05, 0.1) is 6.07 Å². The maximum absolute atomic E-state index is 8.98. The first-order chi connectivity index (χ1) is 8.07. The predicted octanol–water partition coefficient (Wildman–Crippen LogP) is 4.25. The standard InChI is InChI=1S/C16H21N/c1-10-11(2)13(4)16-14(8-9-17)6-5-7-15(16)12(10)3/h14H,5-8H2,1-4H3. The minimum absolute atomic E-state index is 0.474. The Morgan fingerprint density at radius 1 is 1.06 bits per heavy atom. The predicted molar refractivity (Wildman–Crippen MR) is 71.3 cm³/mol. The summed E-state index contributed by atoms with van der Waals surface area (Å²) in [4.78, 5) is 0. The summed E-state index contributed by atoms with van der Waals surface area (Å²) < 4.78 is 0. The molecule has 0 fully saturated rings. The number of nitriles is 1. The van der Waals surface area contributed by atoms with Crippen molar-refractivity contribution in [2.45, 2.75) is 59.3 Å². The number of fused-ring (bicyclic) bond motifs is 1. The van der Waals surface area contributed by atoms with Crippen molar-refractivity contribution >= 4 is 0 Å². The number of hydrogen-bond acceptors (Lipinski definition) is 1. The molecule has 0 saturated carbocycles. The lowest BCUT2D eigenvalue weighted by Crippen LogP contribution is -2.15. The summed E-state index contributed by atoms with van der Waals surface area (Å²) in [6.45, 7) is 8.92. The van der Waals surface area contributed by atoms with Crippen LogP contribution in [0, 0.1) is 39.0 Å². The van der Waals surface area contributed by atoms with Crippen LogP contribution in [0.5, 0.6) is 0 Å². The Labute approximate surface area is 104 Å². The average molecular weight is 227 g/mol. The molecule has 0 bridgehead atoms. The van der Waals surface area contributed by atoms with Gasteiger partial charge in [-0.1, -0.05) is 0 Å². The van der Waals surface area contributed by atoms with Gasteiger partial charge in [0.2, 0.25) is 0 Å². The molecule has 17 heavy (non-hydrogen) atoms. The maximum atomic E-state index is 8.98. The highest BCUT2D eigenvalue weighted by Gasteiger charge is 2.25. The van der Waals surface area contributed by atoms with Crippen LogP contribution in [-0.2, 0) is 6.42 Å². The van der Waals surface area contributed by atoms with Crippen LogP contribution in [-0.4, -0.2) is 0 Å². The van der Waals surface area contributed by atoms with Crippen molar-refractivity contribution in [3.8, 4) is 6.07 Å². The molecule has 1 heteroatoms. The summed E-state index contributed by atoms with van der Waals surface area (Å²) in [5.41, 5.74) is 8.80. The zero-order valence-electron chi connectivity index (χ0n) is 11.4. The highest BCUT2D eigenvalue weighted by atomic mass is 14.3. The van der Waals surface area contributed by atoms with Crippen LogP contribution in [0.15, 0.2) is 0 Å². The summed E-state index contributed by atoms with van der Waals surface area (Å²) in [6.07, 6.45) is 4.30. The minimum atomic E-state index is 0.474. The molecule has 1 nitrogen and oxygen atoms in total. The van der Waals surface area contributed by atoms with Gasteiger partial charge in [0.25, 0.3) is 0 Å². The normalized spacial score (nSPS) is 18.6. The molecule has 1 aromatic carbocycles. The van der Waals surface area contributed by atoms with Gasteiger partial charge in [-0.25, -0.2) is 0 Å². The molecule has 1 aliphatic rings. The van der Waals surface area contributed by atoms with Gasteiger partial charge in [0.15, 0.2) is 0 Å². The Hall–Kier alpha value is -1.29. The van der Waals surface area contributed by atoms with Gasteiger partial charge in [0, 0.05) is 6.42 Å². The first-order valence-corrected chi connectivity index (χ1v) is 6.54. The van der Waals surface area contributed by atoms with Crippen molar-refractivity contribution < 1.29 is 0 Å². The molecule has 0 aromatic heterocycles. The van der Waals surface area contributed by atoms with Crippen LogP contribution in [0.2, 0.25) is 0 Å². The zero-order chi connectivity index (χ0) is 12.6. The van der Waals surface area contributed by atoms with Crippen molar-refractivity contribution in [3.63, 3.8) is 0 Å². The van der Waals surface area contributed by atoms with Gasteiger partial charge in [-0.3, -0.25) is 0 Å². The number of rotatable bonds is 1. The Kier molecular flexibility index (Phi) is 3.24. The smallest absolute Gasteiger partial charge is 0.0628 e. The fourth-order valence-electron chi connectivity index (χ4n) is 3.28. The molecule has 1 unspecified atom stereocenters. The zero-order valence-corrected chi connectivity index (χ0v) is 11.4. The SMILES string of the molecule is Cc1c(C)c(C)c2c(c1C)CCCC2CC#N. The van der Waals surface area contributed by atoms with E-state index in [9.17, 15) is 0 Å². The summed E-state index contributed by atoms with van der Waals surface area (Å²) in [7, 11) is 0. The molecule has 0 amide bonds. The van der Waals surface area contributed by atoms with Crippen molar-refractivity contribution in [1.82, 2.24) is 0 Å². The summed E-state index contributed by atoms with van der Waals surface area (Å²) in [5, 5.41) is 8.98. The van der Waals surface area contributed by atoms with Crippen LogP contribution < -0.4 is 0 Å². The van der Waals surface area contributed by atoms with E-state index < -0.39 is 0 Å². The van der Waals surface area contributed by atoms with E-state index in [1.54, 1.807) is 0 Å². The number of benzene rings is 1. The van der Waals surface area contributed by atoms with Crippen molar-refractivity contribution in [2.24, 2.45) is 0 Å². The molecule has 0 heterocycles. The second-order valence-electron chi connectivity index (χ2n) is 5.34. The third-order valence-corrected chi connectivity index (χ3v) is 4.59. The molecule has 1 atom stereocenters. The van der Waals surface area contributed by atoms with Crippen molar-refractivity contribution in [2.75, 3.05) is 0 Å². The lowest BCUT2D eigenvalue weighted by atomic mass is 9.75. The fourth-order valence-corrected chi connectivity index (χ4v) is 3.28. The van der Waals surface area contributed by atoms with E-state index in [2.05, 4.69) is 33.8 Å². The highest BCUT2D eigenvalue weighted by Crippen LogP contribution is 2.40. The lowest BCUT2D eigenvalue weighted by Gasteiger charge is -2.30. The molecule has 0 aliphatic heterocycles. The van der Waals surface area contributed by atoms with Crippen molar-refractivity contribution in [3.05, 3.63) is 33.4 Å². The molecular formula is C16H21N. The van der Waals surface area contributed by atoms with E-state index in [1.807, 2.05) is 0 Å². The van der Waals surface area contributed by atoms with Crippen LogP contribution in [0.3, 0.4) is 0 Å². The van der Waals surface area contributed by atoms with E-state index in [0.717, 1.165) is 0 Å². The quantitative estimate of drug-likeness (QED) is 0.703. The number of hydrogen-bond donors (Lipinski definition) is 0. The van der Waals surface area contributed by atoms with Crippen LogP contribution in [0.1, 0.15) is 58.6 Å². The fraction of sp³-hybridized carbons (Fsp3) is 0.562. The van der Waals surface area contributed by atoms with Gasteiger partial charge in [-0.2, -0.15) is 5.26 Å². The molecule has 1 aliphatic carbocycles. The van der Waals surface area contributed by atoms with Crippen molar-refractivity contribution in [1.29, 1.82) is 5.26 Å².